The largest absolute Gasteiger partial charge is 0.341 e. The fraction of sp³-hybridized carbons (Fsp3) is 0.417. The number of H-pyrrole nitrogens is 1. The summed E-state index contributed by atoms with van der Waals surface area (Å²) in [5.41, 5.74) is 1.15. The van der Waals surface area contributed by atoms with E-state index < -0.39 is 0 Å². The predicted octanol–water partition coefficient (Wildman–Crippen LogP) is 2.52. The number of nitrogens with zero attached hydrogens (tertiary/aromatic N) is 1. The van der Waals surface area contributed by atoms with Crippen molar-refractivity contribution in [3.63, 3.8) is 0 Å². The monoisotopic (exact) mass is 233 g/mol. The van der Waals surface area contributed by atoms with Crippen molar-refractivity contribution in [2.75, 3.05) is 13.1 Å². The van der Waals surface area contributed by atoms with E-state index in [9.17, 15) is 0 Å². The van der Waals surface area contributed by atoms with Gasteiger partial charge in [0.1, 0.15) is 5.82 Å². The zero-order valence-corrected chi connectivity index (χ0v) is 10.1. The number of aromatic nitrogens is 2. The summed E-state index contributed by atoms with van der Waals surface area (Å²) in [5.74, 6) is 1.70. The summed E-state index contributed by atoms with van der Waals surface area (Å²) >= 11 is 1.81. The zero-order valence-electron chi connectivity index (χ0n) is 9.29. The van der Waals surface area contributed by atoms with Crippen molar-refractivity contribution in [3.8, 4) is 10.6 Å². The molecule has 16 heavy (non-hydrogen) atoms. The maximum Gasteiger partial charge on any atom is 0.110 e. The SMILES string of the molecule is Cc1ccc(-c2cnc(C3CCNC3)[nH]2)s1. The Labute approximate surface area is 98.9 Å². The van der Waals surface area contributed by atoms with E-state index in [-0.39, 0.29) is 0 Å². The molecule has 84 valence electrons. The van der Waals surface area contributed by atoms with Crippen LogP contribution in [0.2, 0.25) is 0 Å². The van der Waals surface area contributed by atoms with Gasteiger partial charge in [0.25, 0.3) is 0 Å². The number of hydrogen-bond acceptors (Lipinski definition) is 3. The minimum Gasteiger partial charge on any atom is -0.341 e. The molecule has 1 saturated heterocycles. The van der Waals surface area contributed by atoms with Crippen molar-refractivity contribution >= 4 is 11.3 Å². The van der Waals surface area contributed by atoms with E-state index in [2.05, 4.69) is 34.3 Å². The predicted molar refractivity (Wildman–Crippen MR) is 66.9 cm³/mol. The van der Waals surface area contributed by atoms with Crippen molar-refractivity contribution in [1.29, 1.82) is 0 Å². The molecule has 0 amide bonds. The first kappa shape index (κ1) is 10.1. The normalized spacial score (nSPS) is 20.4. The molecule has 0 aliphatic carbocycles. The zero-order chi connectivity index (χ0) is 11.0. The first-order valence-corrected chi connectivity index (χ1v) is 6.47. The standard InChI is InChI=1S/C12H15N3S/c1-8-2-3-11(16-8)10-7-14-12(15-10)9-4-5-13-6-9/h2-3,7,9,13H,4-6H2,1H3,(H,14,15). The van der Waals surface area contributed by atoms with E-state index in [4.69, 9.17) is 0 Å². The smallest absolute Gasteiger partial charge is 0.110 e. The molecule has 2 aromatic heterocycles. The Hall–Kier alpha value is -1.13. The summed E-state index contributed by atoms with van der Waals surface area (Å²) in [7, 11) is 0. The lowest BCUT2D eigenvalue weighted by Crippen LogP contribution is -2.08. The van der Waals surface area contributed by atoms with Gasteiger partial charge in [0.05, 0.1) is 16.8 Å². The fourth-order valence-electron chi connectivity index (χ4n) is 2.14. The first-order valence-electron chi connectivity index (χ1n) is 5.65. The highest BCUT2D eigenvalue weighted by Crippen LogP contribution is 2.28. The van der Waals surface area contributed by atoms with Crippen molar-refractivity contribution in [2.45, 2.75) is 19.3 Å². The number of aromatic amines is 1. The van der Waals surface area contributed by atoms with E-state index in [1.165, 1.54) is 16.2 Å². The van der Waals surface area contributed by atoms with Gasteiger partial charge in [0.15, 0.2) is 0 Å². The average molecular weight is 233 g/mol. The van der Waals surface area contributed by atoms with Gasteiger partial charge in [0.2, 0.25) is 0 Å². The number of thiophene rings is 1. The second-order valence-electron chi connectivity index (χ2n) is 4.28. The molecule has 1 aliphatic rings. The van der Waals surface area contributed by atoms with Crippen molar-refractivity contribution in [3.05, 3.63) is 29.0 Å². The topological polar surface area (TPSA) is 40.7 Å². The van der Waals surface area contributed by atoms with Gasteiger partial charge in [-0.1, -0.05) is 0 Å². The van der Waals surface area contributed by atoms with Crippen LogP contribution in [0.3, 0.4) is 0 Å². The van der Waals surface area contributed by atoms with E-state index in [0.29, 0.717) is 5.92 Å². The number of aryl methyl sites for hydroxylation is 1. The second kappa shape index (κ2) is 4.03. The van der Waals surface area contributed by atoms with E-state index in [0.717, 1.165) is 24.6 Å². The molecule has 3 heterocycles. The van der Waals surface area contributed by atoms with Crippen LogP contribution in [-0.4, -0.2) is 23.1 Å². The lowest BCUT2D eigenvalue weighted by atomic mass is 10.1. The maximum atomic E-state index is 4.49. The van der Waals surface area contributed by atoms with E-state index in [1.54, 1.807) is 0 Å². The molecule has 4 heteroatoms. The number of imidazole rings is 1. The molecule has 3 rings (SSSR count). The highest BCUT2D eigenvalue weighted by atomic mass is 32.1. The number of nitrogens with one attached hydrogen (secondary N) is 2. The molecule has 0 bridgehead atoms. The molecule has 1 atom stereocenters. The molecule has 1 unspecified atom stereocenters. The third kappa shape index (κ3) is 1.79. The molecule has 2 aromatic rings. The van der Waals surface area contributed by atoms with Gasteiger partial charge in [-0.15, -0.1) is 11.3 Å². The quantitative estimate of drug-likeness (QED) is 0.837. The van der Waals surface area contributed by atoms with Crippen LogP contribution in [0.5, 0.6) is 0 Å². The summed E-state index contributed by atoms with van der Waals surface area (Å²) in [4.78, 5) is 10.6. The second-order valence-corrected chi connectivity index (χ2v) is 5.57. The molecular weight excluding hydrogens is 218 g/mol. The van der Waals surface area contributed by atoms with Crippen LogP contribution >= 0.6 is 11.3 Å². The summed E-state index contributed by atoms with van der Waals surface area (Å²) in [6, 6.07) is 4.31. The Bertz CT molecular complexity index is 480. The molecule has 3 nitrogen and oxygen atoms in total. The lowest BCUT2D eigenvalue weighted by molar-refractivity contribution is 0.715. The van der Waals surface area contributed by atoms with Crippen LogP contribution in [0.15, 0.2) is 18.3 Å². The average Bonchev–Trinajstić information content (AvgIpc) is 2.97. The van der Waals surface area contributed by atoms with Crippen LogP contribution < -0.4 is 5.32 Å². The third-order valence-electron chi connectivity index (χ3n) is 3.05. The van der Waals surface area contributed by atoms with E-state index in [1.807, 2.05) is 17.5 Å². The summed E-state index contributed by atoms with van der Waals surface area (Å²) < 4.78 is 0. The van der Waals surface area contributed by atoms with Gasteiger partial charge >= 0.3 is 0 Å². The van der Waals surface area contributed by atoms with Crippen LogP contribution in [-0.2, 0) is 0 Å². The Morgan fingerprint density at radius 2 is 2.38 bits per heavy atom. The molecular formula is C12H15N3S. The van der Waals surface area contributed by atoms with Crippen molar-refractivity contribution in [2.24, 2.45) is 0 Å². The minimum atomic E-state index is 0.565. The van der Waals surface area contributed by atoms with Crippen LogP contribution in [0.1, 0.15) is 23.0 Å². The van der Waals surface area contributed by atoms with Crippen molar-refractivity contribution in [1.82, 2.24) is 15.3 Å². The van der Waals surface area contributed by atoms with Gasteiger partial charge < -0.3 is 10.3 Å². The lowest BCUT2D eigenvalue weighted by Gasteiger charge is -2.02. The van der Waals surface area contributed by atoms with Gasteiger partial charge in [-0.2, -0.15) is 0 Å². The highest BCUT2D eigenvalue weighted by molar-refractivity contribution is 7.15. The van der Waals surface area contributed by atoms with E-state index >= 15 is 0 Å². The molecule has 0 aromatic carbocycles. The van der Waals surface area contributed by atoms with Crippen LogP contribution in [0, 0.1) is 6.92 Å². The Balaban J connectivity index is 1.87. The Morgan fingerprint density at radius 3 is 3.06 bits per heavy atom. The number of hydrogen-bond donors (Lipinski definition) is 2. The Morgan fingerprint density at radius 1 is 1.44 bits per heavy atom. The summed E-state index contributed by atoms with van der Waals surface area (Å²) in [5, 5.41) is 3.37. The molecule has 2 N–H and O–H groups in total. The van der Waals surface area contributed by atoms with Gasteiger partial charge in [-0.3, -0.25) is 0 Å². The Kier molecular flexibility index (Phi) is 2.53. The van der Waals surface area contributed by atoms with Crippen LogP contribution in [0.4, 0.5) is 0 Å². The fourth-order valence-corrected chi connectivity index (χ4v) is 2.97. The van der Waals surface area contributed by atoms with Gasteiger partial charge in [0, 0.05) is 17.3 Å². The van der Waals surface area contributed by atoms with Gasteiger partial charge in [-0.25, -0.2) is 4.98 Å². The molecule has 0 saturated carbocycles. The molecule has 0 radical (unpaired) electrons. The minimum absolute atomic E-state index is 0.565. The number of rotatable bonds is 2. The van der Waals surface area contributed by atoms with Crippen molar-refractivity contribution < 1.29 is 0 Å². The molecule has 1 fully saturated rings. The maximum absolute atomic E-state index is 4.49. The molecule has 0 spiro atoms. The van der Waals surface area contributed by atoms with Crippen LogP contribution in [0.25, 0.3) is 10.6 Å². The highest BCUT2D eigenvalue weighted by Gasteiger charge is 2.19. The summed E-state index contributed by atoms with van der Waals surface area (Å²) in [6.07, 6.45) is 3.15. The third-order valence-corrected chi connectivity index (χ3v) is 4.08. The first-order chi connectivity index (χ1) is 7.83. The molecule has 1 aliphatic heterocycles. The summed E-state index contributed by atoms with van der Waals surface area (Å²) in [6.45, 7) is 4.29. The van der Waals surface area contributed by atoms with Gasteiger partial charge in [-0.05, 0) is 32.0 Å².